The van der Waals surface area contributed by atoms with Gasteiger partial charge in [-0.1, -0.05) is 13.8 Å². The van der Waals surface area contributed by atoms with Crippen molar-refractivity contribution in [1.29, 1.82) is 0 Å². The second kappa shape index (κ2) is 6.89. The number of hydrogen-bond donors (Lipinski definition) is 1. The Hall–Kier alpha value is -1.62. The van der Waals surface area contributed by atoms with Crippen LogP contribution in [-0.2, 0) is 13.5 Å². The van der Waals surface area contributed by atoms with Crippen molar-refractivity contribution in [3.05, 3.63) is 35.4 Å². The molecule has 0 saturated heterocycles. The van der Waals surface area contributed by atoms with E-state index in [4.69, 9.17) is 5.10 Å². The molecule has 5 heteroatoms. The van der Waals surface area contributed by atoms with Crippen LogP contribution in [0.5, 0.6) is 0 Å². The minimum absolute atomic E-state index is 0.253. The van der Waals surface area contributed by atoms with Crippen molar-refractivity contribution in [3.8, 4) is 0 Å². The van der Waals surface area contributed by atoms with Gasteiger partial charge in [0.1, 0.15) is 0 Å². The minimum atomic E-state index is 0.253. The van der Waals surface area contributed by atoms with Crippen LogP contribution in [-0.4, -0.2) is 26.6 Å². The summed E-state index contributed by atoms with van der Waals surface area (Å²) in [4.78, 5) is 0. The number of nitrogens with one attached hydrogen (secondary N) is 1. The molecule has 1 atom stereocenters. The first-order valence-electron chi connectivity index (χ1n) is 7.80. The highest BCUT2D eigenvalue weighted by Crippen LogP contribution is 2.21. The zero-order valence-corrected chi connectivity index (χ0v) is 13.8. The molecule has 0 saturated carbocycles. The van der Waals surface area contributed by atoms with E-state index < -0.39 is 0 Å². The molecule has 1 unspecified atom stereocenters. The van der Waals surface area contributed by atoms with Gasteiger partial charge in [0.25, 0.3) is 0 Å². The molecule has 116 valence electrons. The van der Waals surface area contributed by atoms with Crippen LogP contribution in [0.2, 0.25) is 0 Å². The van der Waals surface area contributed by atoms with Gasteiger partial charge in [0.15, 0.2) is 0 Å². The van der Waals surface area contributed by atoms with Crippen LogP contribution in [0.1, 0.15) is 55.7 Å². The maximum Gasteiger partial charge on any atom is 0.0643 e. The third-order valence-electron chi connectivity index (χ3n) is 4.39. The Morgan fingerprint density at radius 1 is 1.29 bits per heavy atom. The lowest BCUT2D eigenvalue weighted by atomic mass is 10.0. The summed E-state index contributed by atoms with van der Waals surface area (Å²) in [6, 6.07) is 2.89. The predicted molar refractivity (Wildman–Crippen MR) is 85.3 cm³/mol. The first kappa shape index (κ1) is 15.8. The number of hydrogen-bond acceptors (Lipinski definition) is 3. The van der Waals surface area contributed by atoms with Gasteiger partial charge in [-0.3, -0.25) is 9.36 Å². The molecule has 0 fully saturated rings. The number of rotatable bonds is 7. The van der Waals surface area contributed by atoms with Crippen molar-refractivity contribution in [1.82, 2.24) is 24.9 Å². The van der Waals surface area contributed by atoms with Crippen LogP contribution in [0.3, 0.4) is 0 Å². The molecule has 21 heavy (non-hydrogen) atoms. The van der Waals surface area contributed by atoms with Crippen LogP contribution in [0.4, 0.5) is 0 Å². The molecular formula is C16H27N5. The van der Waals surface area contributed by atoms with E-state index in [2.05, 4.69) is 48.1 Å². The van der Waals surface area contributed by atoms with Gasteiger partial charge in [0, 0.05) is 37.0 Å². The predicted octanol–water partition coefficient (Wildman–Crippen LogP) is 2.79. The quantitative estimate of drug-likeness (QED) is 0.852. The Balaban J connectivity index is 2.14. The Morgan fingerprint density at radius 3 is 2.52 bits per heavy atom. The fourth-order valence-electron chi connectivity index (χ4n) is 2.79. The normalized spacial score (nSPS) is 13.0. The molecule has 1 N–H and O–H groups in total. The summed E-state index contributed by atoms with van der Waals surface area (Å²) in [5, 5.41) is 12.5. The third-order valence-corrected chi connectivity index (χ3v) is 4.39. The Bertz CT molecular complexity index is 565. The zero-order valence-electron chi connectivity index (χ0n) is 13.8. The van der Waals surface area contributed by atoms with Crippen molar-refractivity contribution >= 4 is 0 Å². The first-order valence-corrected chi connectivity index (χ1v) is 7.80. The van der Waals surface area contributed by atoms with Gasteiger partial charge in [-0.05, 0) is 32.9 Å². The Labute approximate surface area is 127 Å². The summed E-state index contributed by atoms with van der Waals surface area (Å²) in [6.07, 6.45) is 7.18. The van der Waals surface area contributed by atoms with Crippen molar-refractivity contribution < 1.29 is 0 Å². The van der Waals surface area contributed by atoms with Gasteiger partial charge in [0.05, 0.1) is 17.9 Å². The molecule has 0 spiro atoms. The molecule has 5 nitrogen and oxygen atoms in total. The monoisotopic (exact) mass is 289 g/mol. The van der Waals surface area contributed by atoms with E-state index in [9.17, 15) is 0 Å². The van der Waals surface area contributed by atoms with Crippen LogP contribution in [0.25, 0.3) is 0 Å². The maximum absolute atomic E-state index is 4.75. The second-order valence-corrected chi connectivity index (χ2v) is 5.61. The lowest BCUT2D eigenvalue weighted by molar-refractivity contribution is 0.423. The fraction of sp³-hybridized carbons (Fsp3) is 0.625. The summed E-state index contributed by atoms with van der Waals surface area (Å²) in [6.45, 7) is 6.53. The molecular weight excluding hydrogens is 262 g/mol. The van der Waals surface area contributed by atoms with E-state index in [-0.39, 0.29) is 6.04 Å². The zero-order chi connectivity index (χ0) is 15.4. The van der Waals surface area contributed by atoms with Crippen molar-refractivity contribution in [3.63, 3.8) is 0 Å². The molecule has 2 aromatic rings. The number of likely N-dealkylation sites (N-methyl/N-ethyl adjacent to an activating group) is 1. The number of aryl methyl sites for hydroxylation is 1. The summed E-state index contributed by atoms with van der Waals surface area (Å²) in [5.41, 5.74) is 3.58. The molecule has 0 aromatic carbocycles. The van der Waals surface area contributed by atoms with Crippen LogP contribution >= 0.6 is 0 Å². The molecule has 2 heterocycles. The van der Waals surface area contributed by atoms with E-state index in [1.807, 2.05) is 25.0 Å². The van der Waals surface area contributed by atoms with E-state index in [1.165, 1.54) is 11.3 Å². The van der Waals surface area contributed by atoms with Gasteiger partial charge in [0.2, 0.25) is 0 Å². The highest BCUT2D eigenvalue weighted by molar-refractivity contribution is 5.22. The summed E-state index contributed by atoms with van der Waals surface area (Å²) in [7, 11) is 3.97. The van der Waals surface area contributed by atoms with E-state index >= 15 is 0 Å². The standard InChI is InChI=1S/C16H27N5/c1-6-14(7-2)21-9-8-13(19-21)10-16(17-4)15-11-18-20(5)12(15)3/h8-9,11,14,16-17H,6-7,10H2,1-5H3. The van der Waals surface area contributed by atoms with Crippen molar-refractivity contribution in [2.45, 2.75) is 52.1 Å². The fourth-order valence-corrected chi connectivity index (χ4v) is 2.79. The smallest absolute Gasteiger partial charge is 0.0643 e. The molecule has 2 aromatic heterocycles. The van der Waals surface area contributed by atoms with Gasteiger partial charge >= 0.3 is 0 Å². The van der Waals surface area contributed by atoms with Gasteiger partial charge in [-0.25, -0.2) is 0 Å². The van der Waals surface area contributed by atoms with Crippen molar-refractivity contribution in [2.75, 3.05) is 7.05 Å². The SMILES string of the molecule is CCC(CC)n1ccc(CC(NC)c2cnn(C)c2C)n1. The average molecular weight is 289 g/mol. The Kier molecular flexibility index (Phi) is 5.17. The maximum atomic E-state index is 4.75. The molecule has 0 bridgehead atoms. The van der Waals surface area contributed by atoms with E-state index in [0.29, 0.717) is 6.04 Å². The lowest BCUT2D eigenvalue weighted by Gasteiger charge is -2.15. The summed E-state index contributed by atoms with van der Waals surface area (Å²) in [5.74, 6) is 0. The second-order valence-electron chi connectivity index (χ2n) is 5.61. The van der Waals surface area contributed by atoms with Crippen molar-refractivity contribution in [2.24, 2.45) is 7.05 Å². The average Bonchev–Trinajstić information content (AvgIpc) is 3.07. The highest BCUT2D eigenvalue weighted by atomic mass is 15.3. The summed E-state index contributed by atoms with van der Waals surface area (Å²) >= 11 is 0. The largest absolute Gasteiger partial charge is 0.313 e. The summed E-state index contributed by atoms with van der Waals surface area (Å²) < 4.78 is 4.03. The van der Waals surface area contributed by atoms with Gasteiger partial charge in [-0.15, -0.1) is 0 Å². The molecule has 0 aliphatic heterocycles. The van der Waals surface area contributed by atoms with E-state index in [1.54, 1.807) is 0 Å². The van der Waals surface area contributed by atoms with Crippen LogP contribution < -0.4 is 5.32 Å². The van der Waals surface area contributed by atoms with Gasteiger partial charge < -0.3 is 5.32 Å². The highest BCUT2D eigenvalue weighted by Gasteiger charge is 2.17. The van der Waals surface area contributed by atoms with Crippen LogP contribution in [0.15, 0.2) is 18.5 Å². The molecule has 0 aliphatic rings. The molecule has 0 aliphatic carbocycles. The first-order chi connectivity index (χ1) is 10.1. The number of nitrogens with zero attached hydrogens (tertiary/aromatic N) is 4. The number of aromatic nitrogens is 4. The van der Waals surface area contributed by atoms with E-state index in [0.717, 1.165) is 25.0 Å². The van der Waals surface area contributed by atoms with Crippen LogP contribution in [0, 0.1) is 6.92 Å². The topological polar surface area (TPSA) is 47.7 Å². The molecule has 0 amide bonds. The third kappa shape index (κ3) is 3.35. The minimum Gasteiger partial charge on any atom is -0.313 e. The van der Waals surface area contributed by atoms with Gasteiger partial charge in [-0.2, -0.15) is 10.2 Å². The Morgan fingerprint density at radius 2 is 2.00 bits per heavy atom. The molecule has 0 radical (unpaired) electrons. The molecule has 2 rings (SSSR count). The lowest BCUT2D eigenvalue weighted by Crippen LogP contribution is -2.20.